The highest BCUT2D eigenvalue weighted by Gasteiger charge is 2.27. The van der Waals surface area contributed by atoms with Gasteiger partial charge in [0.15, 0.2) is 17.5 Å². The number of hydrogen-bond donors (Lipinski definition) is 0. The fraction of sp³-hybridized carbons (Fsp3) is 0.308. The predicted octanol–water partition coefficient (Wildman–Crippen LogP) is 4.41. The summed E-state index contributed by atoms with van der Waals surface area (Å²) in [6, 6.07) is 0.606. The summed E-state index contributed by atoms with van der Waals surface area (Å²) in [6.45, 7) is 3.57. The van der Waals surface area contributed by atoms with E-state index in [4.69, 9.17) is 11.6 Å². The molecule has 0 unspecified atom stereocenters. The Morgan fingerprint density at radius 2 is 1.95 bits per heavy atom. The topological polar surface area (TPSA) is 56.0 Å². The van der Waals surface area contributed by atoms with Crippen LogP contribution in [0.5, 0.6) is 0 Å². The van der Waals surface area contributed by atoms with Gasteiger partial charge in [0.05, 0.1) is 4.92 Å². The van der Waals surface area contributed by atoms with Gasteiger partial charge < -0.3 is 0 Å². The molecular weight excluding hydrogens is 309 g/mol. The molecule has 1 heterocycles. The lowest BCUT2D eigenvalue weighted by molar-refractivity contribution is -0.385. The smallest absolute Gasteiger partial charge is 0.258 e. The van der Waals surface area contributed by atoms with Gasteiger partial charge in [0.1, 0.15) is 16.2 Å². The maximum Gasteiger partial charge on any atom is 0.309 e. The number of fused-ring (bicyclic) bond motifs is 1. The molecule has 21 heavy (non-hydrogen) atoms. The van der Waals surface area contributed by atoms with E-state index in [0.29, 0.717) is 6.07 Å². The quantitative estimate of drug-likeness (QED) is 0.478. The number of halogens is 4. The van der Waals surface area contributed by atoms with E-state index < -0.39 is 38.6 Å². The third kappa shape index (κ3) is 2.65. The maximum absolute atomic E-state index is 13.8. The fourth-order valence-corrected chi connectivity index (χ4v) is 2.34. The van der Waals surface area contributed by atoms with Crippen LogP contribution in [0.2, 0.25) is 5.02 Å². The molecule has 0 N–H and O–H groups in total. The van der Waals surface area contributed by atoms with Crippen molar-refractivity contribution in [3.8, 4) is 0 Å². The first kappa shape index (κ1) is 15.5. The van der Waals surface area contributed by atoms with Gasteiger partial charge in [0.2, 0.25) is 0 Å². The molecule has 0 fully saturated rings. The summed E-state index contributed by atoms with van der Waals surface area (Å²) in [5.74, 6) is -4.69. The van der Waals surface area contributed by atoms with Crippen molar-refractivity contribution in [1.29, 1.82) is 0 Å². The SMILES string of the molecule is CC(C)Cc1nc2c(F)c(F)c(F)cc2c(Cl)c1[N+](=O)[O-]. The Balaban J connectivity index is 2.91. The highest BCUT2D eigenvalue weighted by Crippen LogP contribution is 2.37. The molecule has 0 amide bonds. The van der Waals surface area contributed by atoms with Crippen LogP contribution in [-0.2, 0) is 6.42 Å². The monoisotopic (exact) mass is 318 g/mol. The average molecular weight is 319 g/mol. The van der Waals surface area contributed by atoms with Crippen molar-refractivity contribution in [2.24, 2.45) is 5.92 Å². The Kier molecular flexibility index (Phi) is 4.04. The molecule has 0 bridgehead atoms. The van der Waals surface area contributed by atoms with Gasteiger partial charge in [-0.3, -0.25) is 10.1 Å². The Bertz CT molecular complexity index is 750. The van der Waals surface area contributed by atoms with Crippen LogP contribution in [0.3, 0.4) is 0 Å². The van der Waals surface area contributed by atoms with Gasteiger partial charge in [0, 0.05) is 5.39 Å². The van der Waals surface area contributed by atoms with E-state index in [9.17, 15) is 23.3 Å². The fourth-order valence-electron chi connectivity index (χ4n) is 2.02. The first-order valence-corrected chi connectivity index (χ1v) is 6.41. The standard InChI is InChI=1S/C13H10ClF3N2O2/c1-5(2)3-8-13(19(20)21)9(14)6-4-7(15)10(16)11(17)12(6)18-8/h4-5H,3H2,1-2H3. The Labute approximate surface area is 122 Å². The molecule has 112 valence electrons. The van der Waals surface area contributed by atoms with Crippen LogP contribution >= 0.6 is 11.6 Å². The van der Waals surface area contributed by atoms with Crippen LogP contribution in [0.1, 0.15) is 19.5 Å². The third-order valence-corrected chi connectivity index (χ3v) is 3.27. The number of pyridine rings is 1. The van der Waals surface area contributed by atoms with Crippen molar-refractivity contribution in [3.05, 3.63) is 44.3 Å². The summed E-state index contributed by atoms with van der Waals surface area (Å²) >= 11 is 5.88. The molecule has 0 saturated carbocycles. The van der Waals surface area contributed by atoms with Gasteiger partial charge in [-0.2, -0.15) is 0 Å². The van der Waals surface area contributed by atoms with E-state index in [-0.39, 0.29) is 23.4 Å². The molecule has 0 spiro atoms. The average Bonchev–Trinajstić information content (AvgIpc) is 2.37. The third-order valence-electron chi connectivity index (χ3n) is 2.89. The first-order valence-electron chi connectivity index (χ1n) is 6.04. The number of nitrogens with zero attached hydrogens (tertiary/aromatic N) is 2. The number of benzene rings is 1. The molecule has 0 radical (unpaired) electrons. The van der Waals surface area contributed by atoms with Gasteiger partial charge in [-0.25, -0.2) is 18.2 Å². The minimum atomic E-state index is -1.68. The molecule has 0 aliphatic rings. The van der Waals surface area contributed by atoms with Gasteiger partial charge in [-0.1, -0.05) is 25.4 Å². The summed E-state index contributed by atoms with van der Waals surface area (Å²) in [6.07, 6.45) is 0.157. The summed E-state index contributed by atoms with van der Waals surface area (Å²) < 4.78 is 40.3. The minimum Gasteiger partial charge on any atom is -0.258 e. The van der Waals surface area contributed by atoms with Gasteiger partial charge in [0.25, 0.3) is 0 Å². The lowest BCUT2D eigenvalue weighted by Crippen LogP contribution is -2.06. The van der Waals surface area contributed by atoms with E-state index in [1.807, 2.05) is 0 Å². The van der Waals surface area contributed by atoms with Crippen LogP contribution in [0.15, 0.2) is 6.07 Å². The van der Waals surface area contributed by atoms with Crippen molar-refractivity contribution in [1.82, 2.24) is 4.98 Å². The lowest BCUT2D eigenvalue weighted by atomic mass is 10.0. The van der Waals surface area contributed by atoms with Crippen LogP contribution < -0.4 is 0 Å². The molecule has 0 saturated heterocycles. The van der Waals surface area contributed by atoms with Crippen LogP contribution in [0.4, 0.5) is 18.9 Å². The molecule has 1 aromatic heterocycles. The van der Waals surface area contributed by atoms with E-state index in [0.717, 1.165) is 0 Å². The lowest BCUT2D eigenvalue weighted by Gasteiger charge is -2.10. The van der Waals surface area contributed by atoms with Crippen LogP contribution in [-0.4, -0.2) is 9.91 Å². The number of aromatic nitrogens is 1. The van der Waals surface area contributed by atoms with E-state index in [2.05, 4.69) is 4.98 Å². The molecule has 8 heteroatoms. The number of hydrogen-bond acceptors (Lipinski definition) is 3. The van der Waals surface area contributed by atoms with E-state index in [1.54, 1.807) is 13.8 Å². The van der Waals surface area contributed by atoms with E-state index in [1.165, 1.54) is 0 Å². The summed E-state index contributed by atoms with van der Waals surface area (Å²) in [7, 11) is 0. The highest BCUT2D eigenvalue weighted by atomic mass is 35.5. The number of rotatable bonds is 3. The van der Waals surface area contributed by atoms with Crippen molar-refractivity contribution in [2.45, 2.75) is 20.3 Å². The van der Waals surface area contributed by atoms with Gasteiger partial charge in [-0.15, -0.1) is 0 Å². The second-order valence-electron chi connectivity index (χ2n) is 4.96. The predicted molar refractivity (Wildman–Crippen MR) is 71.8 cm³/mol. The zero-order chi connectivity index (χ0) is 15.9. The molecule has 0 aliphatic heterocycles. The molecular formula is C13H10ClF3N2O2. The first-order chi connectivity index (χ1) is 9.73. The summed E-state index contributed by atoms with van der Waals surface area (Å²) in [5.41, 5.74) is -1.08. The van der Waals surface area contributed by atoms with Crippen LogP contribution in [0.25, 0.3) is 10.9 Å². The molecule has 2 aromatic rings. The second-order valence-corrected chi connectivity index (χ2v) is 5.34. The molecule has 2 rings (SSSR count). The van der Waals surface area contributed by atoms with Crippen molar-refractivity contribution in [3.63, 3.8) is 0 Å². The zero-order valence-electron chi connectivity index (χ0n) is 11.1. The summed E-state index contributed by atoms with van der Waals surface area (Å²) in [4.78, 5) is 14.2. The Morgan fingerprint density at radius 3 is 2.48 bits per heavy atom. The summed E-state index contributed by atoms with van der Waals surface area (Å²) in [5, 5.41) is 10.4. The maximum atomic E-state index is 13.8. The normalized spacial score (nSPS) is 11.4. The van der Waals surface area contributed by atoms with Crippen LogP contribution in [0, 0.1) is 33.5 Å². The van der Waals surface area contributed by atoms with Crippen molar-refractivity contribution < 1.29 is 18.1 Å². The van der Waals surface area contributed by atoms with E-state index >= 15 is 0 Å². The number of nitro groups is 1. The van der Waals surface area contributed by atoms with Crippen molar-refractivity contribution >= 4 is 28.2 Å². The van der Waals surface area contributed by atoms with Gasteiger partial charge in [-0.05, 0) is 18.4 Å². The van der Waals surface area contributed by atoms with Gasteiger partial charge >= 0.3 is 5.69 Å². The molecule has 4 nitrogen and oxygen atoms in total. The largest absolute Gasteiger partial charge is 0.309 e. The molecule has 0 aliphatic carbocycles. The Morgan fingerprint density at radius 1 is 1.33 bits per heavy atom. The van der Waals surface area contributed by atoms with Crippen molar-refractivity contribution in [2.75, 3.05) is 0 Å². The molecule has 1 aromatic carbocycles. The molecule has 0 atom stereocenters. The second kappa shape index (κ2) is 5.48. The highest BCUT2D eigenvalue weighted by molar-refractivity contribution is 6.37. The zero-order valence-corrected chi connectivity index (χ0v) is 11.8. The minimum absolute atomic E-state index is 0.0157. The Hall–Kier alpha value is -1.89.